The van der Waals surface area contributed by atoms with Crippen LogP contribution in [0.3, 0.4) is 0 Å². The molecule has 2 fully saturated rings. The van der Waals surface area contributed by atoms with Crippen LogP contribution in [0.15, 0.2) is 24.3 Å². The van der Waals surface area contributed by atoms with Gasteiger partial charge >= 0.3 is 6.03 Å². The van der Waals surface area contributed by atoms with E-state index >= 15 is 0 Å². The molecule has 1 aromatic rings. The molecule has 1 saturated heterocycles. The number of benzene rings is 1. The van der Waals surface area contributed by atoms with Crippen molar-refractivity contribution in [2.75, 3.05) is 31.1 Å². The lowest BCUT2D eigenvalue weighted by Gasteiger charge is -2.18. The summed E-state index contributed by atoms with van der Waals surface area (Å²) in [6.07, 6.45) is 2.00. The van der Waals surface area contributed by atoms with Crippen LogP contribution in [-0.4, -0.2) is 55.0 Å². The topological polar surface area (TPSA) is 81.8 Å². The molecule has 1 aliphatic heterocycles. The van der Waals surface area contributed by atoms with E-state index in [1.165, 1.54) is 4.90 Å². The van der Waals surface area contributed by atoms with Crippen molar-refractivity contribution in [3.8, 4) is 0 Å². The van der Waals surface area contributed by atoms with Gasteiger partial charge in [-0.1, -0.05) is 11.6 Å². The summed E-state index contributed by atoms with van der Waals surface area (Å²) in [4.78, 5) is 38.9. The second-order valence-corrected chi connectivity index (χ2v) is 6.39. The summed E-state index contributed by atoms with van der Waals surface area (Å²) in [6, 6.07) is 7.02. The van der Waals surface area contributed by atoms with Crippen LogP contribution < -0.4 is 15.5 Å². The number of nitrogens with zero attached hydrogens (tertiary/aromatic N) is 2. The highest BCUT2D eigenvalue weighted by molar-refractivity contribution is 6.30. The molecule has 0 atom stereocenters. The Hall–Kier alpha value is -2.28. The van der Waals surface area contributed by atoms with E-state index in [0.717, 1.165) is 18.5 Å². The van der Waals surface area contributed by atoms with Gasteiger partial charge < -0.3 is 15.5 Å². The number of carbonyl (C=O) groups is 3. The number of amides is 4. The maximum absolute atomic E-state index is 12.4. The zero-order valence-corrected chi connectivity index (χ0v) is 13.9. The highest BCUT2D eigenvalue weighted by atomic mass is 35.5. The van der Waals surface area contributed by atoms with Crippen LogP contribution in [0.5, 0.6) is 0 Å². The Morgan fingerprint density at radius 3 is 2.50 bits per heavy atom. The van der Waals surface area contributed by atoms with Crippen molar-refractivity contribution in [1.82, 2.24) is 15.5 Å². The minimum absolute atomic E-state index is 0.0559. The lowest BCUT2D eigenvalue weighted by molar-refractivity contribution is -0.126. The summed E-state index contributed by atoms with van der Waals surface area (Å²) in [5, 5.41) is 5.94. The van der Waals surface area contributed by atoms with Crippen LogP contribution in [0, 0.1) is 0 Å². The van der Waals surface area contributed by atoms with Crippen LogP contribution >= 0.6 is 11.6 Å². The van der Waals surface area contributed by atoms with Gasteiger partial charge in [0.25, 0.3) is 0 Å². The average molecular weight is 351 g/mol. The lowest BCUT2D eigenvalue weighted by Crippen LogP contribution is -2.43. The van der Waals surface area contributed by atoms with E-state index in [1.807, 2.05) is 0 Å². The molecule has 8 heteroatoms. The minimum atomic E-state index is -0.341. The van der Waals surface area contributed by atoms with E-state index in [-0.39, 0.29) is 37.0 Å². The summed E-state index contributed by atoms with van der Waals surface area (Å²) in [7, 11) is 0. The van der Waals surface area contributed by atoms with Gasteiger partial charge in [-0.2, -0.15) is 0 Å². The smallest absolute Gasteiger partial charge is 0.325 e. The predicted molar refractivity (Wildman–Crippen MR) is 89.9 cm³/mol. The van der Waals surface area contributed by atoms with Gasteiger partial charge in [-0.25, -0.2) is 4.79 Å². The fraction of sp³-hybridized carbons (Fsp3) is 0.438. The Kier molecular flexibility index (Phi) is 4.89. The maximum Gasteiger partial charge on any atom is 0.325 e. The van der Waals surface area contributed by atoms with Crippen LogP contribution in [0.4, 0.5) is 10.5 Å². The van der Waals surface area contributed by atoms with E-state index in [0.29, 0.717) is 18.1 Å². The fourth-order valence-electron chi connectivity index (χ4n) is 2.50. The molecule has 0 aromatic heterocycles. The molecule has 128 valence electrons. The molecule has 0 bridgehead atoms. The first-order valence-corrected chi connectivity index (χ1v) is 8.29. The van der Waals surface area contributed by atoms with E-state index in [2.05, 4.69) is 10.6 Å². The zero-order valence-electron chi connectivity index (χ0n) is 13.1. The molecule has 24 heavy (non-hydrogen) atoms. The maximum atomic E-state index is 12.4. The fourth-order valence-corrected chi connectivity index (χ4v) is 2.63. The Morgan fingerprint density at radius 2 is 1.83 bits per heavy atom. The minimum Gasteiger partial charge on any atom is -0.352 e. The Bertz CT molecular complexity index is 645. The second-order valence-electron chi connectivity index (χ2n) is 5.95. The first kappa shape index (κ1) is 16.6. The van der Waals surface area contributed by atoms with Crippen molar-refractivity contribution in [3.63, 3.8) is 0 Å². The average Bonchev–Trinajstić information content (AvgIpc) is 3.30. The first-order valence-electron chi connectivity index (χ1n) is 7.91. The van der Waals surface area contributed by atoms with Crippen LogP contribution in [-0.2, 0) is 9.59 Å². The molecule has 1 heterocycles. The van der Waals surface area contributed by atoms with Crippen LogP contribution in [0.2, 0.25) is 5.02 Å². The van der Waals surface area contributed by atoms with E-state index in [9.17, 15) is 14.4 Å². The summed E-state index contributed by atoms with van der Waals surface area (Å²) in [5.41, 5.74) is 0.746. The Balaban J connectivity index is 1.47. The Labute approximate surface area is 144 Å². The number of nitrogens with one attached hydrogen (secondary N) is 2. The number of hydrogen-bond donors (Lipinski definition) is 2. The SMILES string of the molecule is O=C(CN1CCN(c2ccc(Cl)cc2)C1=O)NCC(=O)NC1CC1. The third-order valence-electron chi connectivity index (χ3n) is 3.96. The third kappa shape index (κ3) is 4.17. The molecule has 1 aliphatic carbocycles. The number of halogens is 1. The predicted octanol–water partition coefficient (Wildman–Crippen LogP) is 0.977. The highest BCUT2D eigenvalue weighted by Crippen LogP contribution is 2.22. The van der Waals surface area contributed by atoms with Gasteiger partial charge in [0.1, 0.15) is 6.54 Å². The molecule has 2 aliphatic rings. The van der Waals surface area contributed by atoms with Gasteiger partial charge in [0, 0.05) is 29.8 Å². The normalized spacial score (nSPS) is 17.1. The molecule has 0 spiro atoms. The molecule has 3 rings (SSSR count). The van der Waals surface area contributed by atoms with Crippen molar-refractivity contribution in [2.45, 2.75) is 18.9 Å². The summed E-state index contributed by atoms with van der Waals surface area (Å²) >= 11 is 5.85. The summed E-state index contributed by atoms with van der Waals surface area (Å²) < 4.78 is 0. The molecule has 1 saturated carbocycles. The van der Waals surface area contributed by atoms with Crippen molar-refractivity contribution in [3.05, 3.63) is 29.3 Å². The molecule has 2 N–H and O–H groups in total. The van der Waals surface area contributed by atoms with Crippen molar-refractivity contribution in [2.24, 2.45) is 0 Å². The highest BCUT2D eigenvalue weighted by Gasteiger charge is 2.31. The van der Waals surface area contributed by atoms with Gasteiger partial charge in [-0.15, -0.1) is 0 Å². The van der Waals surface area contributed by atoms with Gasteiger partial charge in [-0.3, -0.25) is 14.5 Å². The number of urea groups is 1. The number of anilines is 1. The molecule has 4 amide bonds. The van der Waals surface area contributed by atoms with Crippen molar-refractivity contribution >= 4 is 35.1 Å². The summed E-state index contributed by atoms with van der Waals surface area (Å²) in [6.45, 7) is 0.858. The van der Waals surface area contributed by atoms with E-state index in [4.69, 9.17) is 11.6 Å². The molecule has 0 unspecified atom stereocenters. The van der Waals surface area contributed by atoms with E-state index < -0.39 is 0 Å². The number of carbonyl (C=O) groups excluding carboxylic acids is 3. The van der Waals surface area contributed by atoms with Crippen LogP contribution in [0.1, 0.15) is 12.8 Å². The molecular formula is C16H19ClN4O3. The molecule has 1 aromatic carbocycles. The Morgan fingerprint density at radius 1 is 1.12 bits per heavy atom. The first-order chi connectivity index (χ1) is 11.5. The number of hydrogen-bond acceptors (Lipinski definition) is 3. The standard InChI is InChI=1S/C16H19ClN4O3/c17-11-1-5-13(6-2-11)21-8-7-20(16(21)24)10-15(23)18-9-14(22)19-12-3-4-12/h1-2,5-6,12H,3-4,7-10H2,(H,18,23)(H,19,22). The van der Waals surface area contributed by atoms with E-state index in [1.54, 1.807) is 29.2 Å². The van der Waals surface area contributed by atoms with Crippen molar-refractivity contribution < 1.29 is 14.4 Å². The molecular weight excluding hydrogens is 332 g/mol. The van der Waals surface area contributed by atoms with Gasteiger partial charge in [-0.05, 0) is 37.1 Å². The van der Waals surface area contributed by atoms with Gasteiger partial charge in [0.15, 0.2) is 0 Å². The molecule has 7 nitrogen and oxygen atoms in total. The lowest BCUT2D eigenvalue weighted by atomic mass is 10.3. The largest absolute Gasteiger partial charge is 0.352 e. The van der Waals surface area contributed by atoms with Gasteiger partial charge in [0.05, 0.1) is 6.54 Å². The van der Waals surface area contributed by atoms with Gasteiger partial charge in [0.2, 0.25) is 11.8 Å². The molecule has 0 radical (unpaired) electrons. The quantitative estimate of drug-likeness (QED) is 0.802. The monoisotopic (exact) mass is 350 g/mol. The number of rotatable bonds is 6. The summed E-state index contributed by atoms with van der Waals surface area (Å²) in [5.74, 6) is -0.534. The zero-order chi connectivity index (χ0) is 17.1. The third-order valence-corrected chi connectivity index (χ3v) is 4.21. The van der Waals surface area contributed by atoms with Crippen LogP contribution in [0.25, 0.3) is 0 Å². The van der Waals surface area contributed by atoms with Crippen molar-refractivity contribution in [1.29, 1.82) is 0 Å². The second kappa shape index (κ2) is 7.09.